The maximum Gasteiger partial charge on any atom is 0.316 e. The summed E-state index contributed by atoms with van der Waals surface area (Å²) in [6.45, 7) is 1.90. The molecule has 0 N–H and O–H groups in total. The van der Waals surface area contributed by atoms with Crippen LogP contribution in [-0.2, 0) is 28.6 Å². The van der Waals surface area contributed by atoms with E-state index >= 15 is 0 Å². The van der Waals surface area contributed by atoms with E-state index < -0.39 is 11.9 Å². The molecule has 0 fully saturated rings. The van der Waals surface area contributed by atoms with E-state index in [4.69, 9.17) is 9.47 Å². The van der Waals surface area contributed by atoms with E-state index in [9.17, 15) is 14.4 Å². The largest absolute Gasteiger partial charge is 0.457 e. The van der Waals surface area contributed by atoms with E-state index in [1.54, 1.807) is 6.92 Å². The second kappa shape index (κ2) is 9.92. The Morgan fingerprint density at radius 3 is 2.53 bits per heavy atom. The molecule has 0 saturated heterocycles. The van der Waals surface area contributed by atoms with Crippen LogP contribution in [0.25, 0.3) is 0 Å². The molecule has 0 bridgehead atoms. The van der Waals surface area contributed by atoms with Crippen molar-refractivity contribution in [1.82, 2.24) is 0 Å². The number of methoxy groups -OCH3 is 1. The molecule has 0 aliphatic heterocycles. The number of ketones is 1. The number of aldehydes is 1. The quantitative estimate of drug-likeness (QED) is 0.233. The third-order valence-corrected chi connectivity index (χ3v) is 2.05. The molecule has 98 valence electrons. The summed E-state index contributed by atoms with van der Waals surface area (Å²) in [6, 6.07) is 0. The number of rotatable bonds is 10. The Morgan fingerprint density at radius 2 is 2.00 bits per heavy atom. The van der Waals surface area contributed by atoms with Crippen LogP contribution in [0.4, 0.5) is 0 Å². The van der Waals surface area contributed by atoms with E-state index in [1.165, 1.54) is 7.11 Å². The van der Waals surface area contributed by atoms with Gasteiger partial charge in [-0.3, -0.25) is 14.4 Å². The summed E-state index contributed by atoms with van der Waals surface area (Å²) in [5.41, 5.74) is 0. The van der Waals surface area contributed by atoms with E-state index in [1.807, 2.05) is 0 Å². The zero-order valence-corrected chi connectivity index (χ0v) is 10.1. The molecule has 0 aromatic heterocycles. The highest BCUT2D eigenvalue weighted by Gasteiger charge is 2.25. The molecule has 6 nitrogen and oxygen atoms in total. The third kappa shape index (κ3) is 6.80. The minimum absolute atomic E-state index is 0.155. The molecule has 6 heteroatoms. The van der Waals surface area contributed by atoms with Crippen LogP contribution in [0.1, 0.15) is 13.3 Å². The lowest BCUT2D eigenvalue weighted by Crippen LogP contribution is -2.29. The second-order valence-corrected chi connectivity index (χ2v) is 3.27. The topological polar surface area (TPSA) is 78.9 Å². The highest BCUT2D eigenvalue weighted by molar-refractivity contribution is 5.99. The zero-order chi connectivity index (χ0) is 13.1. The summed E-state index contributed by atoms with van der Waals surface area (Å²) in [5, 5.41) is 0. The van der Waals surface area contributed by atoms with Gasteiger partial charge in [0.2, 0.25) is 0 Å². The monoisotopic (exact) mass is 246 g/mol. The molecule has 1 unspecified atom stereocenters. The average Bonchev–Trinajstić information content (AvgIpc) is 2.33. The molecule has 0 heterocycles. The van der Waals surface area contributed by atoms with Crippen LogP contribution in [0.2, 0.25) is 0 Å². The van der Waals surface area contributed by atoms with Crippen LogP contribution >= 0.6 is 0 Å². The van der Waals surface area contributed by atoms with Crippen LogP contribution in [0.5, 0.6) is 0 Å². The Labute approximate surface area is 100 Å². The first-order chi connectivity index (χ1) is 8.17. The summed E-state index contributed by atoms with van der Waals surface area (Å²) in [7, 11) is 1.52. The number of carbonyl (C=O) groups is 3. The van der Waals surface area contributed by atoms with Crippen molar-refractivity contribution in [3.63, 3.8) is 0 Å². The molecule has 0 amide bonds. The predicted octanol–water partition coefficient (Wildman–Crippen LogP) is -0.0132. The van der Waals surface area contributed by atoms with E-state index in [2.05, 4.69) is 4.74 Å². The molecule has 0 rings (SSSR count). The van der Waals surface area contributed by atoms with Gasteiger partial charge in [-0.1, -0.05) is 6.92 Å². The van der Waals surface area contributed by atoms with Gasteiger partial charge in [-0.25, -0.2) is 0 Å². The fraction of sp³-hybridized carbons (Fsp3) is 0.727. The second-order valence-electron chi connectivity index (χ2n) is 3.27. The number of hydrogen-bond donors (Lipinski definition) is 0. The maximum atomic E-state index is 11.6. The number of esters is 1. The summed E-state index contributed by atoms with van der Waals surface area (Å²) in [5.74, 6) is -1.89. The smallest absolute Gasteiger partial charge is 0.316 e. The minimum atomic E-state index is -0.863. The van der Waals surface area contributed by atoms with Gasteiger partial charge >= 0.3 is 5.97 Å². The van der Waals surface area contributed by atoms with E-state index in [0.29, 0.717) is 25.9 Å². The first-order valence-electron chi connectivity index (χ1n) is 5.37. The van der Waals surface area contributed by atoms with Gasteiger partial charge in [-0.2, -0.15) is 0 Å². The molecule has 0 radical (unpaired) electrons. The maximum absolute atomic E-state index is 11.6. The van der Waals surface area contributed by atoms with Crippen LogP contribution in [0.15, 0.2) is 0 Å². The van der Waals surface area contributed by atoms with Gasteiger partial charge in [-0.15, -0.1) is 0 Å². The normalized spacial score (nSPS) is 11.9. The molecular formula is C11H18O6. The SMILES string of the molecule is CCC(C(=O)COCCOC)C(=O)OCC=O. The molecule has 0 aliphatic rings. The van der Waals surface area contributed by atoms with Crippen molar-refractivity contribution in [2.75, 3.05) is 33.5 Å². The van der Waals surface area contributed by atoms with Gasteiger partial charge in [0.05, 0.1) is 13.2 Å². The molecule has 17 heavy (non-hydrogen) atoms. The van der Waals surface area contributed by atoms with Gasteiger partial charge < -0.3 is 14.2 Å². The molecule has 0 aromatic rings. The van der Waals surface area contributed by atoms with Crippen molar-refractivity contribution in [3.8, 4) is 0 Å². The van der Waals surface area contributed by atoms with E-state index in [0.717, 1.165) is 0 Å². The average molecular weight is 246 g/mol. The fourth-order valence-electron chi connectivity index (χ4n) is 1.16. The Morgan fingerprint density at radius 1 is 1.29 bits per heavy atom. The number of ether oxygens (including phenoxy) is 3. The van der Waals surface area contributed by atoms with Crippen molar-refractivity contribution in [1.29, 1.82) is 0 Å². The molecule has 0 spiro atoms. The third-order valence-electron chi connectivity index (χ3n) is 2.05. The summed E-state index contributed by atoms with van der Waals surface area (Å²) >= 11 is 0. The van der Waals surface area contributed by atoms with Crippen molar-refractivity contribution < 1.29 is 28.6 Å². The lowest BCUT2D eigenvalue weighted by Gasteiger charge is -2.12. The van der Waals surface area contributed by atoms with E-state index in [-0.39, 0.29) is 19.0 Å². The molecule has 0 aromatic carbocycles. The Balaban J connectivity index is 4.02. The van der Waals surface area contributed by atoms with Crippen LogP contribution in [0, 0.1) is 5.92 Å². The van der Waals surface area contributed by atoms with Crippen molar-refractivity contribution in [2.45, 2.75) is 13.3 Å². The Bertz CT molecular complexity index is 250. The first-order valence-corrected chi connectivity index (χ1v) is 5.37. The molecule has 1 atom stereocenters. The Kier molecular flexibility index (Phi) is 9.18. The molecule has 0 aliphatic carbocycles. The number of Topliss-reactive ketones (excluding diaryl/α,β-unsaturated/α-hetero) is 1. The summed E-state index contributed by atoms with van der Waals surface area (Å²) in [6.07, 6.45) is 0.786. The number of hydrogen-bond acceptors (Lipinski definition) is 6. The van der Waals surface area contributed by atoms with Gasteiger partial charge in [0.15, 0.2) is 12.1 Å². The lowest BCUT2D eigenvalue weighted by molar-refractivity contribution is -0.154. The lowest BCUT2D eigenvalue weighted by atomic mass is 10.0. The zero-order valence-electron chi connectivity index (χ0n) is 10.1. The standard InChI is InChI=1S/C11H18O6/c1-3-9(11(14)17-5-4-12)10(13)8-16-7-6-15-2/h4,9H,3,5-8H2,1-2H3. The van der Waals surface area contributed by atoms with Gasteiger partial charge in [0.1, 0.15) is 19.1 Å². The minimum Gasteiger partial charge on any atom is -0.457 e. The molecule has 0 saturated carbocycles. The van der Waals surface area contributed by atoms with Gasteiger partial charge in [0.25, 0.3) is 0 Å². The summed E-state index contributed by atoms with van der Waals surface area (Å²) < 4.78 is 14.4. The molecular weight excluding hydrogens is 228 g/mol. The van der Waals surface area contributed by atoms with Crippen LogP contribution < -0.4 is 0 Å². The van der Waals surface area contributed by atoms with Crippen LogP contribution in [-0.4, -0.2) is 51.6 Å². The number of carbonyl (C=O) groups excluding carboxylic acids is 3. The van der Waals surface area contributed by atoms with Gasteiger partial charge in [-0.05, 0) is 6.42 Å². The fourth-order valence-corrected chi connectivity index (χ4v) is 1.16. The first kappa shape index (κ1) is 15.7. The Hall–Kier alpha value is -1.27. The van der Waals surface area contributed by atoms with Crippen LogP contribution in [0.3, 0.4) is 0 Å². The van der Waals surface area contributed by atoms with Crippen molar-refractivity contribution in [2.24, 2.45) is 5.92 Å². The summed E-state index contributed by atoms with van der Waals surface area (Å²) in [4.78, 5) is 33.0. The predicted molar refractivity (Wildman–Crippen MR) is 58.5 cm³/mol. The van der Waals surface area contributed by atoms with Gasteiger partial charge in [0, 0.05) is 7.11 Å². The highest BCUT2D eigenvalue weighted by Crippen LogP contribution is 2.07. The van der Waals surface area contributed by atoms with Crippen molar-refractivity contribution >= 4 is 18.0 Å². The highest BCUT2D eigenvalue weighted by atomic mass is 16.5. The van der Waals surface area contributed by atoms with Crippen molar-refractivity contribution in [3.05, 3.63) is 0 Å².